The molecule has 0 bridgehead atoms. The van der Waals surface area contributed by atoms with E-state index in [0.29, 0.717) is 16.4 Å². The van der Waals surface area contributed by atoms with Crippen LogP contribution >= 0.6 is 11.6 Å². The van der Waals surface area contributed by atoms with Crippen molar-refractivity contribution in [3.63, 3.8) is 0 Å². The minimum Gasteiger partial charge on any atom is -0.399 e. The van der Waals surface area contributed by atoms with E-state index < -0.39 is 5.82 Å². The zero-order chi connectivity index (χ0) is 15.9. The van der Waals surface area contributed by atoms with E-state index in [1.54, 1.807) is 24.3 Å². The molecule has 2 aromatic rings. The van der Waals surface area contributed by atoms with Gasteiger partial charge in [-0.25, -0.2) is 9.38 Å². The maximum absolute atomic E-state index is 13.7. The molecule has 4 nitrogen and oxygen atoms in total. The maximum atomic E-state index is 13.7. The molecule has 0 fully saturated rings. The minimum absolute atomic E-state index is 0.239. The lowest BCUT2D eigenvalue weighted by Crippen LogP contribution is -1.94. The van der Waals surface area contributed by atoms with Crippen LogP contribution in [0, 0.1) is 5.82 Å². The second kappa shape index (κ2) is 7.49. The molecular weight excluding hydrogens is 305 g/mol. The Morgan fingerprint density at radius 3 is 2.77 bits per heavy atom. The van der Waals surface area contributed by atoms with Crippen LogP contribution in [-0.4, -0.2) is 12.6 Å². The predicted molar refractivity (Wildman–Crippen MR) is 87.9 cm³/mol. The molecular formula is C16H13ClFN3O. The summed E-state index contributed by atoms with van der Waals surface area (Å²) in [6.45, 7) is 3.78. The molecule has 112 valence electrons. The average Bonchev–Trinajstić information content (AvgIpc) is 2.52. The number of benzene rings is 2. The lowest BCUT2D eigenvalue weighted by atomic mass is 10.1. The van der Waals surface area contributed by atoms with Gasteiger partial charge in [0.05, 0.1) is 16.4 Å². The van der Waals surface area contributed by atoms with E-state index in [-0.39, 0.29) is 5.56 Å². The zero-order valence-corrected chi connectivity index (χ0v) is 12.3. The highest BCUT2D eigenvalue weighted by Gasteiger charge is 2.04. The Hall–Kier alpha value is -2.50. The Labute approximate surface area is 132 Å². The summed E-state index contributed by atoms with van der Waals surface area (Å²) >= 11 is 5.94. The molecule has 0 spiro atoms. The number of rotatable bonds is 5. The average molecular weight is 318 g/mol. The molecule has 2 rings (SSSR count). The van der Waals surface area contributed by atoms with Gasteiger partial charge in [0.1, 0.15) is 5.82 Å². The third-order valence-corrected chi connectivity index (χ3v) is 3.12. The molecule has 0 radical (unpaired) electrons. The van der Waals surface area contributed by atoms with Crippen molar-refractivity contribution in [1.82, 2.24) is 0 Å². The van der Waals surface area contributed by atoms with Crippen LogP contribution in [0.5, 0.6) is 0 Å². The van der Waals surface area contributed by atoms with Crippen LogP contribution in [0.1, 0.15) is 11.1 Å². The number of halogens is 2. The second-order valence-electron chi connectivity index (χ2n) is 4.26. The number of hydrogen-bond acceptors (Lipinski definition) is 4. The molecule has 0 amide bonds. The number of hydrogen-bond donors (Lipinski definition) is 1. The van der Waals surface area contributed by atoms with E-state index in [4.69, 9.17) is 17.5 Å². The number of aliphatic imine (C=N–C) groups is 2. The van der Waals surface area contributed by atoms with Gasteiger partial charge in [0.15, 0.2) is 0 Å². The smallest absolute Gasteiger partial charge is 0.201 e. The summed E-state index contributed by atoms with van der Waals surface area (Å²) in [6, 6.07) is 11.6. The van der Waals surface area contributed by atoms with Crippen molar-refractivity contribution >= 4 is 35.6 Å². The summed E-state index contributed by atoms with van der Waals surface area (Å²) in [5.74, 6) is 4.43. The summed E-state index contributed by atoms with van der Waals surface area (Å²) in [7, 11) is 0. The van der Waals surface area contributed by atoms with E-state index >= 15 is 0 Å². The monoisotopic (exact) mass is 317 g/mol. The fourth-order valence-corrected chi connectivity index (χ4v) is 1.92. The van der Waals surface area contributed by atoms with Crippen molar-refractivity contribution in [2.24, 2.45) is 15.9 Å². The first-order valence-electron chi connectivity index (χ1n) is 6.27. The van der Waals surface area contributed by atoms with Crippen molar-refractivity contribution < 1.29 is 9.23 Å². The van der Waals surface area contributed by atoms with Crippen LogP contribution in [0.4, 0.5) is 10.1 Å². The minimum atomic E-state index is -0.429. The van der Waals surface area contributed by atoms with Gasteiger partial charge in [-0.15, -0.1) is 0 Å². The fourth-order valence-electron chi connectivity index (χ4n) is 1.71. The lowest BCUT2D eigenvalue weighted by Gasteiger charge is -2.02. The molecule has 0 unspecified atom stereocenters. The molecule has 0 aromatic heterocycles. The fraction of sp³-hybridized carbons (Fsp3) is 0. The summed E-state index contributed by atoms with van der Waals surface area (Å²) in [5, 5.41) is 0.300. The van der Waals surface area contributed by atoms with E-state index in [9.17, 15) is 4.39 Å². The van der Waals surface area contributed by atoms with Crippen LogP contribution in [0.2, 0.25) is 5.02 Å². The summed E-state index contributed by atoms with van der Waals surface area (Å²) in [6.07, 6.45) is 2.46. The Morgan fingerprint density at radius 1 is 1.27 bits per heavy atom. The van der Waals surface area contributed by atoms with Crippen molar-refractivity contribution in [2.45, 2.75) is 0 Å². The molecule has 0 saturated heterocycles. The van der Waals surface area contributed by atoms with Crippen molar-refractivity contribution in [3.05, 3.63) is 71.0 Å². The highest BCUT2D eigenvalue weighted by molar-refractivity contribution is 6.33. The van der Waals surface area contributed by atoms with Gasteiger partial charge in [0, 0.05) is 17.3 Å². The molecule has 0 atom stereocenters. The normalized spacial score (nSPS) is 11.2. The van der Waals surface area contributed by atoms with Gasteiger partial charge in [-0.1, -0.05) is 36.4 Å². The molecule has 6 heteroatoms. The third-order valence-electron chi connectivity index (χ3n) is 2.79. The lowest BCUT2D eigenvalue weighted by molar-refractivity contribution is 0.338. The van der Waals surface area contributed by atoms with Crippen LogP contribution in [0.25, 0.3) is 5.70 Å². The van der Waals surface area contributed by atoms with E-state index in [0.717, 1.165) is 12.0 Å². The third kappa shape index (κ3) is 4.00. The van der Waals surface area contributed by atoms with E-state index in [2.05, 4.69) is 21.4 Å². The zero-order valence-electron chi connectivity index (χ0n) is 11.5. The van der Waals surface area contributed by atoms with Crippen molar-refractivity contribution in [3.8, 4) is 0 Å². The summed E-state index contributed by atoms with van der Waals surface area (Å²) < 4.78 is 13.7. The Morgan fingerprint density at radius 2 is 2.05 bits per heavy atom. The van der Waals surface area contributed by atoms with Crippen LogP contribution in [0.15, 0.2) is 59.0 Å². The molecule has 22 heavy (non-hydrogen) atoms. The highest BCUT2D eigenvalue weighted by atomic mass is 35.5. The molecule has 0 saturated carbocycles. The van der Waals surface area contributed by atoms with E-state index in [1.165, 1.54) is 18.3 Å². The van der Waals surface area contributed by atoms with Gasteiger partial charge in [0.2, 0.25) is 6.40 Å². The molecule has 0 aliphatic heterocycles. The van der Waals surface area contributed by atoms with Gasteiger partial charge < -0.3 is 4.84 Å². The Bertz CT molecular complexity index is 724. The topological polar surface area (TPSA) is 60.0 Å². The SMILES string of the molecule is C=C(/N=C\ON)c1cccc(/N=C/c2c(F)cccc2Cl)c1. The molecule has 0 heterocycles. The molecule has 2 N–H and O–H groups in total. The van der Waals surface area contributed by atoms with Crippen LogP contribution < -0.4 is 5.90 Å². The van der Waals surface area contributed by atoms with Gasteiger partial charge in [0.25, 0.3) is 0 Å². The number of nitrogens with two attached hydrogens (primary N) is 1. The highest BCUT2D eigenvalue weighted by Crippen LogP contribution is 2.22. The maximum Gasteiger partial charge on any atom is 0.201 e. The Balaban J connectivity index is 2.25. The van der Waals surface area contributed by atoms with Crippen LogP contribution in [0.3, 0.4) is 0 Å². The predicted octanol–water partition coefficient (Wildman–Crippen LogP) is 4.12. The van der Waals surface area contributed by atoms with Gasteiger partial charge in [-0.3, -0.25) is 4.99 Å². The van der Waals surface area contributed by atoms with Crippen molar-refractivity contribution in [1.29, 1.82) is 0 Å². The van der Waals surface area contributed by atoms with Crippen LogP contribution in [-0.2, 0) is 4.84 Å². The first kappa shape index (κ1) is 15.9. The van der Waals surface area contributed by atoms with Gasteiger partial charge >= 0.3 is 0 Å². The molecule has 0 aliphatic carbocycles. The first-order valence-corrected chi connectivity index (χ1v) is 6.65. The largest absolute Gasteiger partial charge is 0.399 e. The summed E-state index contributed by atoms with van der Waals surface area (Å²) in [5.41, 5.74) is 2.05. The molecule has 2 aromatic carbocycles. The van der Waals surface area contributed by atoms with Crippen molar-refractivity contribution in [2.75, 3.05) is 0 Å². The quantitative estimate of drug-likeness (QED) is 0.512. The standard InChI is InChI=1S/C16H13ClFN3O/c1-11(21-10-22-19)12-4-2-5-13(8-12)20-9-14-15(17)6-3-7-16(14)18/h2-10H,1,19H2/b20-9+,21-10-. The summed E-state index contributed by atoms with van der Waals surface area (Å²) in [4.78, 5) is 12.4. The van der Waals surface area contributed by atoms with Gasteiger partial charge in [-0.05, 0) is 24.3 Å². The second-order valence-corrected chi connectivity index (χ2v) is 4.67. The van der Waals surface area contributed by atoms with E-state index in [1.807, 2.05) is 6.07 Å². The number of nitrogens with zero attached hydrogens (tertiary/aromatic N) is 2. The molecule has 0 aliphatic rings. The van der Waals surface area contributed by atoms with Gasteiger partial charge in [-0.2, -0.15) is 5.90 Å². The first-order chi connectivity index (χ1) is 10.6. The Kier molecular flexibility index (Phi) is 5.41.